The second-order valence-electron chi connectivity index (χ2n) is 6.04. The average molecular weight is 345 g/mol. The van der Waals surface area contributed by atoms with E-state index in [1.54, 1.807) is 0 Å². The van der Waals surface area contributed by atoms with Gasteiger partial charge in [-0.2, -0.15) is 0 Å². The zero-order valence-corrected chi connectivity index (χ0v) is 14.4. The van der Waals surface area contributed by atoms with E-state index in [0.29, 0.717) is 18.2 Å². The number of benzene rings is 2. The number of hydrogen-bond donors (Lipinski definition) is 2. The smallest absolute Gasteiger partial charge is 0.227 e. The van der Waals surface area contributed by atoms with Gasteiger partial charge in [-0.1, -0.05) is 17.7 Å². The highest BCUT2D eigenvalue weighted by atomic mass is 35.5. The van der Waals surface area contributed by atoms with E-state index in [4.69, 9.17) is 16.3 Å². The van der Waals surface area contributed by atoms with E-state index >= 15 is 0 Å². The van der Waals surface area contributed by atoms with Crippen LogP contribution in [0.15, 0.2) is 42.5 Å². The molecule has 5 heteroatoms. The number of anilines is 3. The van der Waals surface area contributed by atoms with Crippen molar-refractivity contribution in [3.8, 4) is 0 Å². The molecule has 3 rings (SSSR count). The molecule has 0 aromatic heterocycles. The molecule has 0 aliphatic carbocycles. The summed E-state index contributed by atoms with van der Waals surface area (Å²) in [6.07, 6.45) is 1.58. The average Bonchev–Trinajstić information content (AvgIpc) is 2.60. The van der Waals surface area contributed by atoms with Gasteiger partial charge in [0.15, 0.2) is 0 Å². The molecule has 2 aromatic rings. The van der Waals surface area contributed by atoms with E-state index in [1.165, 1.54) is 0 Å². The molecule has 2 N–H and O–H groups in total. The molecule has 1 saturated heterocycles. The molecule has 1 aliphatic rings. The lowest BCUT2D eigenvalue weighted by molar-refractivity contribution is -0.122. The number of hydrogen-bond acceptors (Lipinski definition) is 3. The summed E-state index contributed by atoms with van der Waals surface area (Å²) in [6.45, 7) is 3.36. The van der Waals surface area contributed by atoms with E-state index < -0.39 is 0 Å². The van der Waals surface area contributed by atoms with Crippen molar-refractivity contribution in [3.05, 3.63) is 53.1 Å². The SMILES string of the molecule is Cc1ccc(Cl)cc1Nc1ccc(NC(=O)C2CCOCC2)cc1. The minimum absolute atomic E-state index is 0.0469. The second-order valence-corrected chi connectivity index (χ2v) is 6.47. The van der Waals surface area contributed by atoms with Gasteiger partial charge in [0.1, 0.15) is 0 Å². The Morgan fingerprint density at radius 3 is 2.46 bits per heavy atom. The predicted octanol–water partition coefficient (Wildman–Crippen LogP) is 4.76. The summed E-state index contributed by atoms with van der Waals surface area (Å²) in [5.74, 6) is 0.121. The van der Waals surface area contributed by atoms with Crippen LogP contribution in [0, 0.1) is 12.8 Å². The van der Waals surface area contributed by atoms with Crippen LogP contribution in [-0.4, -0.2) is 19.1 Å². The number of rotatable bonds is 4. The molecule has 0 bridgehead atoms. The number of carbonyl (C=O) groups excluding carboxylic acids is 1. The van der Waals surface area contributed by atoms with Gasteiger partial charge >= 0.3 is 0 Å². The minimum atomic E-state index is 0.0469. The van der Waals surface area contributed by atoms with Crippen molar-refractivity contribution in [1.82, 2.24) is 0 Å². The fourth-order valence-corrected chi connectivity index (χ4v) is 2.90. The third-order valence-electron chi connectivity index (χ3n) is 4.22. The Balaban J connectivity index is 1.62. The van der Waals surface area contributed by atoms with Gasteiger partial charge in [0.25, 0.3) is 0 Å². The topological polar surface area (TPSA) is 50.4 Å². The Labute approximate surface area is 147 Å². The molecule has 1 amide bonds. The lowest BCUT2D eigenvalue weighted by atomic mass is 9.99. The maximum Gasteiger partial charge on any atom is 0.227 e. The largest absolute Gasteiger partial charge is 0.381 e. The Morgan fingerprint density at radius 1 is 1.08 bits per heavy atom. The Morgan fingerprint density at radius 2 is 1.75 bits per heavy atom. The van der Waals surface area contributed by atoms with Crippen LogP contribution in [-0.2, 0) is 9.53 Å². The third kappa shape index (κ3) is 4.28. The summed E-state index contributed by atoms with van der Waals surface area (Å²) in [4.78, 5) is 12.2. The Hall–Kier alpha value is -2.04. The zero-order valence-electron chi connectivity index (χ0n) is 13.6. The van der Waals surface area contributed by atoms with Gasteiger partial charge < -0.3 is 15.4 Å². The second kappa shape index (κ2) is 7.69. The molecule has 1 aliphatic heterocycles. The standard InChI is InChI=1S/C19H21ClN2O2/c1-13-2-3-15(20)12-18(13)21-16-4-6-17(7-5-16)22-19(23)14-8-10-24-11-9-14/h2-7,12,14,21H,8-11H2,1H3,(H,22,23). The molecular weight excluding hydrogens is 324 g/mol. The molecule has 2 aromatic carbocycles. The lowest BCUT2D eigenvalue weighted by Gasteiger charge is -2.21. The van der Waals surface area contributed by atoms with Crippen LogP contribution >= 0.6 is 11.6 Å². The molecule has 0 unspecified atom stereocenters. The highest BCUT2D eigenvalue weighted by Crippen LogP contribution is 2.25. The predicted molar refractivity (Wildman–Crippen MR) is 98.1 cm³/mol. The van der Waals surface area contributed by atoms with Crippen molar-refractivity contribution in [2.45, 2.75) is 19.8 Å². The highest BCUT2D eigenvalue weighted by molar-refractivity contribution is 6.30. The third-order valence-corrected chi connectivity index (χ3v) is 4.46. The van der Waals surface area contributed by atoms with E-state index in [-0.39, 0.29) is 11.8 Å². The summed E-state index contributed by atoms with van der Waals surface area (Å²) in [5, 5.41) is 7.02. The maximum absolute atomic E-state index is 12.2. The molecule has 126 valence electrons. The zero-order chi connectivity index (χ0) is 16.9. The molecule has 4 nitrogen and oxygen atoms in total. The van der Waals surface area contributed by atoms with Crippen molar-refractivity contribution in [1.29, 1.82) is 0 Å². The molecule has 1 heterocycles. The van der Waals surface area contributed by atoms with Crippen molar-refractivity contribution in [2.75, 3.05) is 23.8 Å². The first kappa shape index (κ1) is 16.8. The van der Waals surface area contributed by atoms with Crippen LogP contribution in [0.1, 0.15) is 18.4 Å². The molecule has 24 heavy (non-hydrogen) atoms. The first-order valence-corrected chi connectivity index (χ1v) is 8.51. The quantitative estimate of drug-likeness (QED) is 0.841. The molecular formula is C19H21ClN2O2. The van der Waals surface area contributed by atoms with E-state index in [9.17, 15) is 4.79 Å². The number of aryl methyl sites for hydroxylation is 1. The minimum Gasteiger partial charge on any atom is -0.381 e. The number of halogens is 1. The summed E-state index contributed by atoms with van der Waals surface area (Å²) in [5.41, 5.74) is 3.85. The summed E-state index contributed by atoms with van der Waals surface area (Å²) in [7, 11) is 0. The van der Waals surface area contributed by atoms with Crippen molar-refractivity contribution < 1.29 is 9.53 Å². The van der Waals surface area contributed by atoms with Gasteiger partial charge in [-0.15, -0.1) is 0 Å². The van der Waals surface area contributed by atoms with Gasteiger partial charge in [0.05, 0.1) is 0 Å². The lowest BCUT2D eigenvalue weighted by Crippen LogP contribution is -2.28. The van der Waals surface area contributed by atoms with Gasteiger partial charge in [-0.25, -0.2) is 0 Å². The Kier molecular flexibility index (Phi) is 5.38. The molecule has 0 radical (unpaired) electrons. The van der Waals surface area contributed by atoms with Crippen molar-refractivity contribution >= 4 is 34.6 Å². The van der Waals surface area contributed by atoms with Crippen LogP contribution in [0.3, 0.4) is 0 Å². The fraction of sp³-hybridized carbons (Fsp3) is 0.316. The van der Waals surface area contributed by atoms with E-state index in [1.807, 2.05) is 49.4 Å². The van der Waals surface area contributed by atoms with Gasteiger partial charge in [0, 0.05) is 41.2 Å². The summed E-state index contributed by atoms with van der Waals surface area (Å²) in [6, 6.07) is 13.4. The van der Waals surface area contributed by atoms with Crippen LogP contribution in [0.4, 0.5) is 17.1 Å². The van der Waals surface area contributed by atoms with E-state index in [0.717, 1.165) is 35.5 Å². The normalized spacial score (nSPS) is 15.1. The van der Waals surface area contributed by atoms with Gasteiger partial charge in [-0.3, -0.25) is 4.79 Å². The number of nitrogens with one attached hydrogen (secondary N) is 2. The van der Waals surface area contributed by atoms with Crippen LogP contribution in [0.25, 0.3) is 0 Å². The fourth-order valence-electron chi connectivity index (χ4n) is 2.73. The monoisotopic (exact) mass is 344 g/mol. The maximum atomic E-state index is 12.2. The number of ether oxygens (including phenoxy) is 1. The number of carbonyl (C=O) groups is 1. The van der Waals surface area contributed by atoms with Crippen LogP contribution < -0.4 is 10.6 Å². The first-order valence-electron chi connectivity index (χ1n) is 8.14. The molecule has 1 fully saturated rings. The van der Waals surface area contributed by atoms with Gasteiger partial charge in [0.2, 0.25) is 5.91 Å². The summed E-state index contributed by atoms with van der Waals surface area (Å²) >= 11 is 6.04. The molecule has 0 spiro atoms. The van der Waals surface area contributed by atoms with Gasteiger partial charge in [-0.05, 0) is 61.7 Å². The Bertz CT molecular complexity index is 710. The highest BCUT2D eigenvalue weighted by Gasteiger charge is 2.21. The summed E-state index contributed by atoms with van der Waals surface area (Å²) < 4.78 is 5.29. The number of amides is 1. The van der Waals surface area contributed by atoms with Crippen LogP contribution in [0.2, 0.25) is 5.02 Å². The van der Waals surface area contributed by atoms with Crippen LogP contribution in [0.5, 0.6) is 0 Å². The van der Waals surface area contributed by atoms with Crippen molar-refractivity contribution in [3.63, 3.8) is 0 Å². The molecule has 0 saturated carbocycles. The van der Waals surface area contributed by atoms with E-state index in [2.05, 4.69) is 10.6 Å². The first-order chi connectivity index (χ1) is 11.6. The van der Waals surface area contributed by atoms with Crippen molar-refractivity contribution in [2.24, 2.45) is 5.92 Å². The molecule has 0 atom stereocenters.